The minimum atomic E-state index is -0.973. The van der Waals surface area contributed by atoms with E-state index < -0.39 is 5.97 Å². The van der Waals surface area contributed by atoms with Gasteiger partial charge in [-0.3, -0.25) is 14.3 Å². The van der Waals surface area contributed by atoms with Crippen molar-refractivity contribution in [3.05, 3.63) is 48.2 Å². The van der Waals surface area contributed by atoms with E-state index in [4.69, 9.17) is 5.11 Å². The third-order valence-corrected chi connectivity index (χ3v) is 2.92. The molecule has 110 valence electrons. The first-order chi connectivity index (χ1) is 10.1. The zero-order valence-corrected chi connectivity index (χ0v) is 11.5. The average molecular weight is 287 g/mol. The summed E-state index contributed by atoms with van der Waals surface area (Å²) in [5.74, 6) is -0.716. The quantitative estimate of drug-likeness (QED) is 0.815. The van der Waals surface area contributed by atoms with Gasteiger partial charge in [-0.05, 0) is 18.4 Å². The third kappa shape index (κ3) is 5.10. The Morgan fingerprint density at radius 1 is 1.19 bits per heavy atom. The van der Waals surface area contributed by atoms with Crippen LogP contribution in [0.5, 0.6) is 0 Å². The van der Waals surface area contributed by atoms with Gasteiger partial charge >= 0.3 is 5.97 Å². The molecule has 0 aliphatic heterocycles. The summed E-state index contributed by atoms with van der Waals surface area (Å²) in [6, 6.07) is 11.6. The monoisotopic (exact) mass is 287 g/mol. The molecule has 0 fully saturated rings. The molecule has 1 amide bonds. The highest BCUT2D eigenvalue weighted by atomic mass is 16.4. The molecular weight excluding hydrogens is 270 g/mol. The van der Waals surface area contributed by atoms with E-state index in [2.05, 4.69) is 10.4 Å². The standard InChI is InChI=1S/C15H17N3O3/c19-14(8-4-7-12-5-2-1-3-6-12)16-13-9-10-18(17-13)11-15(20)21/h1-3,5-6,9-10H,4,7-8,11H2,(H,20,21)(H,16,17,19). The highest BCUT2D eigenvalue weighted by Gasteiger charge is 2.06. The Kier molecular flexibility index (Phi) is 5.09. The Morgan fingerprint density at radius 3 is 2.67 bits per heavy atom. The highest BCUT2D eigenvalue weighted by molar-refractivity contribution is 5.89. The summed E-state index contributed by atoms with van der Waals surface area (Å²) in [5, 5.41) is 15.3. The van der Waals surface area contributed by atoms with Crippen LogP contribution in [0, 0.1) is 0 Å². The molecule has 0 unspecified atom stereocenters. The van der Waals surface area contributed by atoms with Crippen molar-refractivity contribution in [2.24, 2.45) is 0 Å². The number of carboxylic acid groups (broad SMARTS) is 1. The SMILES string of the molecule is O=C(O)Cn1ccc(NC(=O)CCCc2ccccc2)n1. The van der Waals surface area contributed by atoms with Gasteiger partial charge in [0, 0.05) is 18.7 Å². The number of anilines is 1. The summed E-state index contributed by atoms with van der Waals surface area (Å²) >= 11 is 0. The van der Waals surface area contributed by atoms with Crippen molar-refractivity contribution >= 4 is 17.7 Å². The van der Waals surface area contributed by atoms with E-state index in [-0.39, 0.29) is 12.5 Å². The van der Waals surface area contributed by atoms with Gasteiger partial charge in [0.15, 0.2) is 5.82 Å². The molecule has 0 radical (unpaired) electrons. The second-order valence-electron chi connectivity index (χ2n) is 4.68. The molecule has 1 heterocycles. The molecule has 0 saturated carbocycles. The summed E-state index contributed by atoms with van der Waals surface area (Å²) in [5.41, 5.74) is 1.20. The Bertz CT molecular complexity index is 608. The smallest absolute Gasteiger partial charge is 0.325 e. The first-order valence-electron chi connectivity index (χ1n) is 6.72. The zero-order valence-electron chi connectivity index (χ0n) is 11.5. The number of hydrogen-bond acceptors (Lipinski definition) is 3. The summed E-state index contributed by atoms with van der Waals surface area (Å²) in [7, 11) is 0. The highest BCUT2D eigenvalue weighted by Crippen LogP contribution is 2.07. The topological polar surface area (TPSA) is 84.2 Å². The molecule has 2 aromatic rings. The maximum atomic E-state index is 11.8. The lowest BCUT2D eigenvalue weighted by molar-refractivity contribution is -0.137. The summed E-state index contributed by atoms with van der Waals surface area (Å²) < 4.78 is 1.27. The second kappa shape index (κ2) is 7.23. The van der Waals surface area contributed by atoms with Gasteiger partial charge in [0.2, 0.25) is 5.91 Å². The Hall–Kier alpha value is -2.63. The van der Waals surface area contributed by atoms with E-state index >= 15 is 0 Å². The molecule has 1 aromatic carbocycles. The average Bonchev–Trinajstić information content (AvgIpc) is 2.86. The lowest BCUT2D eigenvalue weighted by atomic mass is 10.1. The van der Waals surface area contributed by atoms with Crippen LogP contribution < -0.4 is 5.32 Å². The Labute approximate surface area is 122 Å². The Balaban J connectivity index is 1.74. The van der Waals surface area contributed by atoms with Gasteiger partial charge in [-0.2, -0.15) is 5.10 Å². The fourth-order valence-corrected chi connectivity index (χ4v) is 1.96. The van der Waals surface area contributed by atoms with Crippen molar-refractivity contribution < 1.29 is 14.7 Å². The van der Waals surface area contributed by atoms with Crippen LogP contribution in [0.2, 0.25) is 0 Å². The van der Waals surface area contributed by atoms with Crippen molar-refractivity contribution in [3.8, 4) is 0 Å². The van der Waals surface area contributed by atoms with E-state index in [9.17, 15) is 9.59 Å². The maximum Gasteiger partial charge on any atom is 0.325 e. The van der Waals surface area contributed by atoms with Crippen LogP contribution in [0.25, 0.3) is 0 Å². The van der Waals surface area contributed by atoms with Gasteiger partial charge in [-0.15, -0.1) is 0 Å². The number of benzene rings is 1. The number of aryl methyl sites for hydroxylation is 1. The van der Waals surface area contributed by atoms with Crippen molar-refractivity contribution in [1.82, 2.24) is 9.78 Å². The molecular formula is C15H17N3O3. The van der Waals surface area contributed by atoms with Crippen LogP contribution in [-0.2, 0) is 22.6 Å². The number of carbonyl (C=O) groups excluding carboxylic acids is 1. The largest absolute Gasteiger partial charge is 0.480 e. The number of aliphatic carboxylic acids is 1. The van der Waals surface area contributed by atoms with Crippen molar-refractivity contribution in [2.75, 3.05) is 5.32 Å². The molecule has 0 atom stereocenters. The lowest BCUT2D eigenvalue weighted by Crippen LogP contribution is -2.13. The molecule has 0 bridgehead atoms. The number of hydrogen-bond donors (Lipinski definition) is 2. The van der Waals surface area contributed by atoms with Crippen LogP contribution in [0.4, 0.5) is 5.82 Å². The van der Waals surface area contributed by atoms with Crippen molar-refractivity contribution in [2.45, 2.75) is 25.8 Å². The summed E-state index contributed by atoms with van der Waals surface area (Å²) in [4.78, 5) is 22.3. The summed E-state index contributed by atoms with van der Waals surface area (Å²) in [6.45, 7) is -0.218. The lowest BCUT2D eigenvalue weighted by Gasteiger charge is -2.02. The van der Waals surface area contributed by atoms with Gasteiger partial charge < -0.3 is 10.4 Å². The third-order valence-electron chi connectivity index (χ3n) is 2.92. The van der Waals surface area contributed by atoms with E-state index in [1.807, 2.05) is 30.3 Å². The van der Waals surface area contributed by atoms with Gasteiger partial charge in [-0.25, -0.2) is 0 Å². The van der Waals surface area contributed by atoms with Crippen LogP contribution in [-0.4, -0.2) is 26.8 Å². The van der Waals surface area contributed by atoms with E-state index in [1.165, 1.54) is 16.4 Å². The molecule has 2 rings (SSSR count). The van der Waals surface area contributed by atoms with Crippen LogP contribution in [0.3, 0.4) is 0 Å². The van der Waals surface area contributed by atoms with Crippen LogP contribution in [0.15, 0.2) is 42.6 Å². The molecule has 6 heteroatoms. The number of nitrogens with zero attached hydrogens (tertiary/aromatic N) is 2. The minimum absolute atomic E-state index is 0.119. The molecule has 0 saturated heterocycles. The molecule has 2 N–H and O–H groups in total. The fourth-order valence-electron chi connectivity index (χ4n) is 1.96. The van der Waals surface area contributed by atoms with E-state index in [0.29, 0.717) is 12.2 Å². The minimum Gasteiger partial charge on any atom is -0.480 e. The molecule has 0 aliphatic rings. The van der Waals surface area contributed by atoms with E-state index in [1.54, 1.807) is 6.07 Å². The Morgan fingerprint density at radius 2 is 1.95 bits per heavy atom. The molecule has 1 aromatic heterocycles. The van der Waals surface area contributed by atoms with Gasteiger partial charge in [0.25, 0.3) is 0 Å². The fraction of sp³-hybridized carbons (Fsp3) is 0.267. The summed E-state index contributed by atoms with van der Waals surface area (Å²) in [6.07, 6.45) is 3.53. The predicted octanol–water partition coefficient (Wildman–Crippen LogP) is 1.93. The number of amides is 1. The van der Waals surface area contributed by atoms with Gasteiger partial charge in [0.05, 0.1) is 0 Å². The van der Waals surface area contributed by atoms with E-state index in [0.717, 1.165) is 12.8 Å². The number of carboxylic acids is 1. The molecule has 6 nitrogen and oxygen atoms in total. The second-order valence-corrected chi connectivity index (χ2v) is 4.68. The number of rotatable bonds is 7. The first kappa shape index (κ1) is 14.8. The normalized spacial score (nSPS) is 10.3. The number of carbonyl (C=O) groups is 2. The van der Waals surface area contributed by atoms with Crippen LogP contribution >= 0.6 is 0 Å². The molecule has 0 spiro atoms. The van der Waals surface area contributed by atoms with Gasteiger partial charge in [-0.1, -0.05) is 30.3 Å². The van der Waals surface area contributed by atoms with Crippen molar-refractivity contribution in [1.29, 1.82) is 0 Å². The zero-order chi connectivity index (χ0) is 15.1. The molecule has 0 aliphatic carbocycles. The first-order valence-corrected chi connectivity index (χ1v) is 6.72. The number of nitrogens with one attached hydrogen (secondary N) is 1. The van der Waals surface area contributed by atoms with Crippen molar-refractivity contribution in [3.63, 3.8) is 0 Å². The van der Waals surface area contributed by atoms with Crippen LogP contribution in [0.1, 0.15) is 18.4 Å². The maximum absolute atomic E-state index is 11.8. The number of aromatic nitrogens is 2. The van der Waals surface area contributed by atoms with Gasteiger partial charge in [0.1, 0.15) is 6.54 Å². The molecule has 21 heavy (non-hydrogen) atoms. The predicted molar refractivity (Wildman–Crippen MR) is 77.9 cm³/mol.